The third-order valence-electron chi connectivity index (χ3n) is 4.28. The number of hydrogen-bond acceptors (Lipinski definition) is 3. The average Bonchev–Trinajstić information content (AvgIpc) is 2.55. The van der Waals surface area contributed by atoms with E-state index < -0.39 is 17.2 Å². The molecule has 1 aliphatic rings. The van der Waals surface area contributed by atoms with E-state index in [0.29, 0.717) is 25.9 Å². The lowest BCUT2D eigenvalue weighted by atomic mass is 9.96. The van der Waals surface area contributed by atoms with Crippen LogP contribution in [0, 0.1) is 11.7 Å². The van der Waals surface area contributed by atoms with Gasteiger partial charge in [-0.3, -0.25) is 14.4 Å². The molecule has 0 aliphatic carbocycles. The highest BCUT2D eigenvalue weighted by molar-refractivity contribution is 5.97. The molecule has 1 aromatic heterocycles. The fraction of sp³-hybridized carbons (Fsp3) is 0.312. The molecule has 2 aromatic rings. The number of piperidine rings is 1. The number of amides is 2. The van der Waals surface area contributed by atoms with Crippen LogP contribution in [0.25, 0.3) is 10.9 Å². The lowest BCUT2D eigenvalue weighted by molar-refractivity contribution is -0.123. The minimum Gasteiger partial charge on any atom is -0.369 e. The fourth-order valence-electron chi connectivity index (χ4n) is 2.91. The van der Waals surface area contributed by atoms with E-state index in [1.165, 1.54) is 29.3 Å². The number of carbonyl (C=O) groups excluding carboxylic acids is 2. The average molecular weight is 317 g/mol. The number of H-pyrrole nitrogens is 1. The first-order valence-corrected chi connectivity index (χ1v) is 7.37. The van der Waals surface area contributed by atoms with Crippen LogP contribution in [0.4, 0.5) is 4.39 Å². The number of benzene rings is 1. The van der Waals surface area contributed by atoms with Crippen molar-refractivity contribution in [1.82, 2.24) is 9.88 Å². The number of pyridine rings is 1. The van der Waals surface area contributed by atoms with E-state index in [1.54, 1.807) is 0 Å². The Kier molecular flexibility index (Phi) is 3.85. The molecule has 1 aliphatic heterocycles. The summed E-state index contributed by atoms with van der Waals surface area (Å²) in [4.78, 5) is 40.3. The van der Waals surface area contributed by atoms with E-state index in [0.717, 1.165) is 0 Å². The van der Waals surface area contributed by atoms with Crippen molar-refractivity contribution in [2.45, 2.75) is 12.8 Å². The van der Waals surface area contributed by atoms with Gasteiger partial charge in [-0.1, -0.05) is 6.07 Å². The maximum atomic E-state index is 13.7. The van der Waals surface area contributed by atoms with Crippen molar-refractivity contribution in [3.05, 3.63) is 46.0 Å². The normalized spacial score (nSPS) is 15.8. The Hall–Kier alpha value is -2.70. The number of halogens is 1. The molecule has 1 saturated heterocycles. The number of nitrogens with one attached hydrogen (secondary N) is 1. The van der Waals surface area contributed by atoms with Crippen LogP contribution in [-0.2, 0) is 4.79 Å². The zero-order chi connectivity index (χ0) is 16.6. The first-order valence-electron chi connectivity index (χ1n) is 7.37. The number of nitrogens with two attached hydrogens (primary N) is 1. The highest BCUT2D eigenvalue weighted by Gasteiger charge is 2.27. The molecule has 0 unspecified atom stereocenters. The quantitative estimate of drug-likeness (QED) is 0.865. The summed E-state index contributed by atoms with van der Waals surface area (Å²) in [6.07, 6.45) is 2.22. The molecule has 23 heavy (non-hydrogen) atoms. The zero-order valence-corrected chi connectivity index (χ0v) is 12.3. The van der Waals surface area contributed by atoms with E-state index in [2.05, 4.69) is 4.98 Å². The minimum atomic E-state index is -0.541. The van der Waals surface area contributed by atoms with Crippen molar-refractivity contribution in [3.63, 3.8) is 0 Å². The number of nitrogens with zero attached hydrogens (tertiary/aromatic N) is 1. The van der Waals surface area contributed by atoms with Gasteiger partial charge in [0.2, 0.25) is 11.3 Å². The number of fused-ring (bicyclic) bond motifs is 1. The van der Waals surface area contributed by atoms with Crippen molar-refractivity contribution >= 4 is 22.7 Å². The number of aromatic amines is 1. The largest absolute Gasteiger partial charge is 0.369 e. The molecule has 3 N–H and O–H groups in total. The minimum absolute atomic E-state index is 0.0272. The molecule has 0 bridgehead atoms. The van der Waals surface area contributed by atoms with E-state index >= 15 is 0 Å². The van der Waals surface area contributed by atoms with E-state index in [1.807, 2.05) is 0 Å². The van der Waals surface area contributed by atoms with Gasteiger partial charge in [0.15, 0.2) is 0 Å². The van der Waals surface area contributed by atoms with Crippen LogP contribution >= 0.6 is 0 Å². The third kappa shape index (κ3) is 2.69. The predicted molar refractivity (Wildman–Crippen MR) is 82.3 cm³/mol. The molecule has 0 spiro atoms. The summed E-state index contributed by atoms with van der Waals surface area (Å²) < 4.78 is 13.7. The molecule has 7 heteroatoms. The van der Waals surface area contributed by atoms with Crippen LogP contribution < -0.4 is 11.2 Å². The predicted octanol–water partition coefficient (Wildman–Crippen LogP) is 1.00. The number of carbonyl (C=O) groups is 2. The summed E-state index contributed by atoms with van der Waals surface area (Å²) in [5.74, 6) is -1.56. The van der Waals surface area contributed by atoms with Crippen LogP contribution in [0.15, 0.2) is 29.2 Å². The van der Waals surface area contributed by atoms with Crippen LogP contribution in [0.2, 0.25) is 0 Å². The van der Waals surface area contributed by atoms with E-state index in [9.17, 15) is 18.8 Å². The van der Waals surface area contributed by atoms with Crippen molar-refractivity contribution in [2.75, 3.05) is 13.1 Å². The maximum absolute atomic E-state index is 13.7. The number of likely N-dealkylation sites (tertiary alicyclic amines) is 1. The highest BCUT2D eigenvalue weighted by atomic mass is 19.1. The molecular formula is C16H16FN3O3. The van der Waals surface area contributed by atoms with Crippen molar-refractivity contribution in [3.8, 4) is 0 Å². The molecule has 3 rings (SSSR count). The summed E-state index contributed by atoms with van der Waals surface area (Å²) in [6, 6.07) is 4.15. The second-order valence-electron chi connectivity index (χ2n) is 5.66. The van der Waals surface area contributed by atoms with Gasteiger partial charge in [-0.15, -0.1) is 0 Å². The van der Waals surface area contributed by atoms with Crippen molar-refractivity contribution in [1.29, 1.82) is 0 Å². The zero-order valence-electron chi connectivity index (χ0n) is 12.3. The van der Waals surface area contributed by atoms with Crippen LogP contribution in [0.3, 0.4) is 0 Å². The smallest absolute Gasteiger partial charge is 0.259 e. The monoisotopic (exact) mass is 317 g/mol. The van der Waals surface area contributed by atoms with Gasteiger partial charge in [0.25, 0.3) is 5.91 Å². The van der Waals surface area contributed by atoms with Crippen molar-refractivity contribution in [2.24, 2.45) is 11.7 Å². The standard InChI is InChI=1S/C16H16FN3O3/c17-12-3-1-2-10-13(12)19-8-11(14(10)21)16(23)20-6-4-9(5-7-20)15(18)22/h1-3,8-9H,4-7H2,(H2,18,22)(H,19,21). The Morgan fingerprint density at radius 3 is 2.61 bits per heavy atom. The van der Waals surface area contributed by atoms with Gasteiger partial charge in [-0.2, -0.15) is 0 Å². The van der Waals surface area contributed by atoms with Crippen molar-refractivity contribution < 1.29 is 14.0 Å². The Balaban J connectivity index is 1.89. The van der Waals surface area contributed by atoms with Gasteiger partial charge < -0.3 is 15.6 Å². The Morgan fingerprint density at radius 1 is 1.26 bits per heavy atom. The summed E-state index contributed by atoms with van der Waals surface area (Å²) in [6.45, 7) is 0.736. The first-order chi connectivity index (χ1) is 11.0. The number of rotatable bonds is 2. The molecule has 2 amide bonds. The summed E-state index contributed by atoms with van der Waals surface area (Å²) in [7, 11) is 0. The third-order valence-corrected chi connectivity index (χ3v) is 4.28. The van der Waals surface area contributed by atoms with Gasteiger partial charge in [0.05, 0.1) is 5.52 Å². The molecule has 1 aromatic carbocycles. The highest BCUT2D eigenvalue weighted by Crippen LogP contribution is 2.19. The van der Waals surface area contributed by atoms with E-state index in [-0.39, 0.29) is 28.3 Å². The van der Waals surface area contributed by atoms with Gasteiger partial charge in [-0.05, 0) is 25.0 Å². The number of para-hydroxylation sites is 1. The number of primary amides is 1. The molecule has 0 radical (unpaired) electrons. The van der Waals surface area contributed by atoms with Gasteiger partial charge in [0.1, 0.15) is 11.4 Å². The molecule has 1 fully saturated rings. The van der Waals surface area contributed by atoms with Gasteiger partial charge in [-0.25, -0.2) is 4.39 Å². The second-order valence-corrected chi connectivity index (χ2v) is 5.66. The van der Waals surface area contributed by atoms with Crippen LogP contribution in [0.5, 0.6) is 0 Å². The molecular weight excluding hydrogens is 301 g/mol. The molecule has 2 heterocycles. The van der Waals surface area contributed by atoms with Gasteiger partial charge in [0, 0.05) is 30.6 Å². The molecule has 0 atom stereocenters. The van der Waals surface area contributed by atoms with Crippen LogP contribution in [0.1, 0.15) is 23.2 Å². The van der Waals surface area contributed by atoms with E-state index in [4.69, 9.17) is 5.73 Å². The molecule has 6 nitrogen and oxygen atoms in total. The van der Waals surface area contributed by atoms with Gasteiger partial charge >= 0.3 is 0 Å². The number of hydrogen-bond donors (Lipinski definition) is 2. The number of aromatic nitrogens is 1. The maximum Gasteiger partial charge on any atom is 0.259 e. The lowest BCUT2D eigenvalue weighted by Gasteiger charge is -2.30. The van der Waals surface area contributed by atoms with Crippen LogP contribution in [-0.4, -0.2) is 34.8 Å². The molecule has 0 saturated carbocycles. The lowest BCUT2D eigenvalue weighted by Crippen LogP contribution is -2.43. The Morgan fingerprint density at radius 2 is 1.96 bits per heavy atom. The summed E-state index contributed by atoms with van der Waals surface area (Å²) in [5, 5.41) is 0.142. The summed E-state index contributed by atoms with van der Waals surface area (Å²) >= 11 is 0. The Bertz CT molecular complexity index is 838. The first kappa shape index (κ1) is 15.2. The Labute approximate surface area is 131 Å². The SMILES string of the molecule is NC(=O)C1CCN(C(=O)c2c[nH]c3c(F)cccc3c2=O)CC1. The summed E-state index contributed by atoms with van der Waals surface area (Å²) in [5.41, 5.74) is 4.83. The second kappa shape index (κ2) is 5.83. The molecule has 120 valence electrons. The fourth-order valence-corrected chi connectivity index (χ4v) is 2.91. The topological polar surface area (TPSA) is 96.3 Å².